The van der Waals surface area contributed by atoms with E-state index in [0.717, 1.165) is 0 Å². The van der Waals surface area contributed by atoms with E-state index in [-0.39, 0.29) is 22.9 Å². The zero-order chi connectivity index (χ0) is 15.1. The van der Waals surface area contributed by atoms with E-state index < -0.39 is 5.91 Å². The normalized spacial score (nSPS) is 10.6. The van der Waals surface area contributed by atoms with Crippen LogP contribution in [0, 0.1) is 5.92 Å². The van der Waals surface area contributed by atoms with Crippen LogP contribution in [-0.4, -0.2) is 25.0 Å². The van der Waals surface area contributed by atoms with Crippen LogP contribution in [0.25, 0.3) is 0 Å². The van der Waals surface area contributed by atoms with Crippen molar-refractivity contribution in [3.8, 4) is 0 Å². The van der Waals surface area contributed by atoms with Gasteiger partial charge in [0.25, 0.3) is 0 Å². The number of carbonyl (C=O) groups excluding carboxylic acids is 2. The number of rotatable bonds is 7. The molecule has 0 aliphatic rings. The summed E-state index contributed by atoms with van der Waals surface area (Å²) >= 11 is 5.89. The molecule has 0 atom stereocenters. The SMILES string of the molecule is CC(C)COCCC(=O)Nc1ccc(C(N)=O)c(Cl)c1. The number of hydrogen-bond donors (Lipinski definition) is 2. The summed E-state index contributed by atoms with van der Waals surface area (Å²) in [5, 5.41) is 2.90. The average molecular weight is 299 g/mol. The van der Waals surface area contributed by atoms with E-state index in [9.17, 15) is 9.59 Å². The number of anilines is 1. The molecule has 0 fully saturated rings. The molecule has 1 aromatic rings. The second-order valence-corrected chi connectivity index (χ2v) is 5.23. The third-order valence-corrected chi connectivity index (χ3v) is 2.76. The molecule has 0 aromatic heterocycles. The van der Waals surface area contributed by atoms with Gasteiger partial charge in [0, 0.05) is 12.3 Å². The molecular weight excluding hydrogens is 280 g/mol. The van der Waals surface area contributed by atoms with Gasteiger partial charge in [0.15, 0.2) is 0 Å². The Morgan fingerprint density at radius 1 is 1.40 bits per heavy atom. The Labute approximate surface area is 123 Å². The van der Waals surface area contributed by atoms with Crippen LogP contribution < -0.4 is 11.1 Å². The topological polar surface area (TPSA) is 81.4 Å². The highest BCUT2D eigenvalue weighted by atomic mass is 35.5. The van der Waals surface area contributed by atoms with Crippen LogP contribution in [0.5, 0.6) is 0 Å². The predicted molar refractivity (Wildman–Crippen MR) is 78.9 cm³/mol. The third-order valence-electron chi connectivity index (χ3n) is 2.44. The van der Waals surface area contributed by atoms with Gasteiger partial charge in [-0.25, -0.2) is 0 Å². The van der Waals surface area contributed by atoms with Gasteiger partial charge < -0.3 is 15.8 Å². The molecule has 5 nitrogen and oxygen atoms in total. The molecule has 0 aliphatic carbocycles. The second kappa shape index (κ2) is 7.87. The fraction of sp³-hybridized carbons (Fsp3) is 0.429. The van der Waals surface area contributed by atoms with E-state index in [1.54, 1.807) is 6.07 Å². The first-order chi connectivity index (χ1) is 9.40. The number of nitrogens with one attached hydrogen (secondary N) is 1. The van der Waals surface area contributed by atoms with Crippen LogP contribution in [0.4, 0.5) is 5.69 Å². The fourth-order valence-electron chi connectivity index (χ4n) is 1.50. The molecule has 20 heavy (non-hydrogen) atoms. The summed E-state index contributed by atoms with van der Waals surface area (Å²) < 4.78 is 5.33. The van der Waals surface area contributed by atoms with Crippen molar-refractivity contribution in [3.05, 3.63) is 28.8 Å². The third kappa shape index (κ3) is 5.59. The van der Waals surface area contributed by atoms with Crippen molar-refractivity contribution in [2.75, 3.05) is 18.5 Å². The van der Waals surface area contributed by atoms with Crippen LogP contribution in [0.1, 0.15) is 30.6 Å². The van der Waals surface area contributed by atoms with Gasteiger partial charge in [-0.2, -0.15) is 0 Å². The zero-order valence-electron chi connectivity index (χ0n) is 11.6. The lowest BCUT2D eigenvalue weighted by molar-refractivity contribution is -0.117. The van der Waals surface area contributed by atoms with E-state index in [4.69, 9.17) is 22.1 Å². The maximum Gasteiger partial charge on any atom is 0.250 e. The van der Waals surface area contributed by atoms with Crippen LogP contribution in [-0.2, 0) is 9.53 Å². The highest BCUT2D eigenvalue weighted by Gasteiger charge is 2.09. The number of ether oxygens (including phenoxy) is 1. The summed E-state index contributed by atoms with van der Waals surface area (Å²) in [6, 6.07) is 4.56. The Hall–Kier alpha value is -1.59. The van der Waals surface area contributed by atoms with Gasteiger partial charge in [0.05, 0.1) is 23.6 Å². The molecule has 0 unspecified atom stereocenters. The summed E-state index contributed by atoms with van der Waals surface area (Å²) in [5.41, 5.74) is 5.89. The van der Waals surface area contributed by atoms with E-state index in [1.807, 2.05) is 13.8 Å². The van der Waals surface area contributed by atoms with Gasteiger partial charge in [0.1, 0.15) is 0 Å². The minimum Gasteiger partial charge on any atom is -0.381 e. The van der Waals surface area contributed by atoms with Gasteiger partial charge in [-0.3, -0.25) is 9.59 Å². The largest absolute Gasteiger partial charge is 0.381 e. The first-order valence-electron chi connectivity index (χ1n) is 6.37. The molecule has 110 valence electrons. The lowest BCUT2D eigenvalue weighted by Gasteiger charge is -2.08. The van der Waals surface area contributed by atoms with Gasteiger partial charge in [-0.05, 0) is 24.1 Å². The van der Waals surface area contributed by atoms with Crippen molar-refractivity contribution in [3.63, 3.8) is 0 Å². The smallest absolute Gasteiger partial charge is 0.250 e. The molecule has 0 heterocycles. The highest BCUT2D eigenvalue weighted by molar-refractivity contribution is 6.34. The molecule has 1 aromatic carbocycles. The summed E-state index contributed by atoms with van der Waals surface area (Å²) in [6.07, 6.45) is 0.266. The standard InChI is InChI=1S/C14H19ClN2O3/c1-9(2)8-20-6-5-13(18)17-10-3-4-11(14(16)19)12(15)7-10/h3-4,7,9H,5-6,8H2,1-2H3,(H2,16,19)(H,17,18). The molecule has 0 saturated heterocycles. The van der Waals surface area contributed by atoms with Crippen molar-refractivity contribution in [1.29, 1.82) is 0 Å². The molecule has 6 heteroatoms. The molecular formula is C14H19ClN2O3. The van der Waals surface area contributed by atoms with E-state index >= 15 is 0 Å². The Morgan fingerprint density at radius 3 is 2.65 bits per heavy atom. The predicted octanol–water partition coefficient (Wildman–Crippen LogP) is 2.44. The number of primary amides is 1. The van der Waals surface area contributed by atoms with Gasteiger partial charge >= 0.3 is 0 Å². The monoisotopic (exact) mass is 298 g/mol. The number of nitrogens with two attached hydrogens (primary N) is 1. The molecule has 0 radical (unpaired) electrons. The number of benzene rings is 1. The molecule has 3 N–H and O–H groups in total. The summed E-state index contributed by atoms with van der Waals surface area (Å²) in [7, 11) is 0. The lowest BCUT2D eigenvalue weighted by atomic mass is 10.2. The first-order valence-corrected chi connectivity index (χ1v) is 6.75. The first kappa shape index (κ1) is 16.5. The molecule has 2 amide bonds. The number of halogens is 1. The molecule has 1 rings (SSSR count). The van der Waals surface area contributed by atoms with Crippen molar-refractivity contribution in [1.82, 2.24) is 0 Å². The summed E-state index contributed by atoms with van der Waals surface area (Å²) in [6.45, 7) is 5.09. The van der Waals surface area contributed by atoms with Gasteiger partial charge in [-0.1, -0.05) is 25.4 Å². The van der Waals surface area contributed by atoms with E-state index in [2.05, 4.69) is 5.32 Å². The maximum absolute atomic E-state index is 11.7. The molecule has 0 aliphatic heterocycles. The Kier molecular flexibility index (Phi) is 6.48. The van der Waals surface area contributed by atoms with Crippen LogP contribution in [0.15, 0.2) is 18.2 Å². The van der Waals surface area contributed by atoms with Crippen LogP contribution >= 0.6 is 11.6 Å². The van der Waals surface area contributed by atoms with Gasteiger partial charge in [-0.15, -0.1) is 0 Å². The Bertz CT molecular complexity index is 489. The van der Waals surface area contributed by atoms with E-state index in [0.29, 0.717) is 24.8 Å². The maximum atomic E-state index is 11.7. The van der Waals surface area contributed by atoms with Gasteiger partial charge in [0.2, 0.25) is 11.8 Å². The number of carbonyl (C=O) groups is 2. The molecule has 0 saturated carbocycles. The molecule has 0 bridgehead atoms. The zero-order valence-corrected chi connectivity index (χ0v) is 12.4. The Morgan fingerprint density at radius 2 is 2.10 bits per heavy atom. The lowest BCUT2D eigenvalue weighted by Crippen LogP contribution is -2.16. The fourth-order valence-corrected chi connectivity index (χ4v) is 1.77. The quantitative estimate of drug-likeness (QED) is 0.759. The molecule has 0 spiro atoms. The van der Waals surface area contributed by atoms with Crippen molar-refractivity contribution in [2.45, 2.75) is 20.3 Å². The summed E-state index contributed by atoms with van der Waals surface area (Å²) in [4.78, 5) is 22.7. The average Bonchev–Trinajstić information content (AvgIpc) is 2.34. The van der Waals surface area contributed by atoms with E-state index in [1.165, 1.54) is 12.1 Å². The second-order valence-electron chi connectivity index (χ2n) is 4.83. The number of amides is 2. The minimum atomic E-state index is -0.602. The summed E-state index contributed by atoms with van der Waals surface area (Å²) in [5.74, 6) is -0.329. The Balaban J connectivity index is 2.46. The minimum absolute atomic E-state index is 0.170. The van der Waals surface area contributed by atoms with Crippen LogP contribution in [0.2, 0.25) is 5.02 Å². The van der Waals surface area contributed by atoms with Crippen LogP contribution in [0.3, 0.4) is 0 Å². The van der Waals surface area contributed by atoms with Crippen molar-refractivity contribution in [2.24, 2.45) is 11.7 Å². The van der Waals surface area contributed by atoms with Crippen molar-refractivity contribution >= 4 is 29.1 Å². The highest BCUT2D eigenvalue weighted by Crippen LogP contribution is 2.20. The number of hydrogen-bond acceptors (Lipinski definition) is 3. The van der Waals surface area contributed by atoms with Crippen molar-refractivity contribution < 1.29 is 14.3 Å².